The second-order valence-corrected chi connectivity index (χ2v) is 5.23. The molecule has 0 saturated heterocycles. The van der Waals surface area contributed by atoms with Crippen LogP contribution in [0.2, 0.25) is 10.3 Å². The SMILES string of the molecule is Cc1cc2c(c(Nc3nc(Cl)ncc3Cl)c1)NCC2. The van der Waals surface area contributed by atoms with E-state index in [4.69, 9.17) is 23.2 Å². The molecule has 0 radical (unpaired) electrons. The molecule has 2 aromatic rings. The van der Waals surface area contributed by atoms with Gasteiger partial charge in [0.1, 0.15) is 5.02 Å². The fraction of sp³-hybridized carbons (Fsp3) is 0.231. The van der Waals surface area contributed by atoms with Gasteiger partial charge in [-0.3, -0.25) is 0 Å². The topological polar surface area (TPSA) is 49.8 Å². The average Bonchev–Trinajstić information content (AvgIpc) is 2.82. The molecule has 4 nitrogen and oxygen atoms in total. The first kappa shape index (κ1) is 12.5. The highest BCUT2D eigenvalue weighted by molar-refractivity contribution is 6.33. The number of aromatic nitrogens is 2. The van der Waals surface area contributed by atoms with E-state index in [-0.39, 0.29) is 5.28 Å². The normalized spacial score (nSPS) is 13.0. The highest BCUT2D eigenvalue weighted by Crippen LogP contribution is 2.35. The maximum absolute atomic E-state index is 6.07. The predicted octanol–water partition coefficient (Wildman–Crippen LogP) is 3.80. The number of fused-ring (bicyclic) bond motifs is 1. The van der Waals surface area contributed by atoms with Crippen molar-refractivity contribution < 1.29 is 0 Å². The summed E-state index contributed by atoms with van der Waals surface area (Å²) in [5, 5.41) is 7.21. The van der Waals surface area contributed by atoms with Crippen molar-refractivity contribution in [2.45, 2.75) is 13.3 Å². The van der Waals surface area contributed by atoms with Gasteiger partial charge in [-0.1, -0.05) is 17.7 Å². The molecule has 0 amide bonds. The number of aryl methyl sites for hydroxylation is 1. The van der Waals surface area contributed by atoms with Crippen molar-refractivity contribution in [3.63, 3.8) is 0 Å². The van der Waals surface area contributed by atoms with Gasteiger partial charge in [0.15, 0.2) is 5.82 Å². The van der Waals surface area contributed by atoms with Crippen molar-refractivity contribution in [2.75, 3.05) is 17.2 Å². The van der Waals surface area contributed by atoms with E-state index in [0.717, 1.165) is 24.3 Å². The van der Waals surface area contributed by atoms with Crippen LogP contribution < -0.4 is 10.6 Å². The number of hydrogen-bond acceptors (Lipinski definition) is 4. The monoisotopic (exact) mass is 294 g/mol. The minimum atomic E-state index is 0.171. The number of hydrogen-bond donors (Lipinski definition) is 2. The Hall–Kier alpha value is -1.52. The van der Waals surface area contributed by atoms with Crippen LogP contribution in [0.15, 0.2) is 18.3 Å². The van der Waals surface area contributed by atoms with Crippen LogP contribution >= 0.6 is 23.2 Å². The zero-order valence-corrected chi connectivity index (χ0v) is 11.8. The molecule has 0 aliphatic carbocycles. The Kier molecular flexibility index (Phi) is 3.21. The molecule has 1 aromatic carbocycles. The fourth-order valence-corrected chi connectivity index (χ4v) is 2.52. The first-order chi connectivity index (χ1) is 9.13. The van der Waals surface area contributed by atoms with Gasteiger partial charge in [0.05, 0.1) is 17.6 Å². The van der Waals surface area contributed by atoms with Gasteiger partial charge in [0.25, 0.3) is 0 Å². The van der Waals surface area contributed by atoms with E-state index in [2.05, 4.69) is 39.7 Å². The minimum Gasteiger partial charge on any atom is -0.383 e. The van der Waals surface area contributed by atoms with Crippen LogP contribution in [0.3, 0.4) is 0 Å². The molecule has 0 fully saturated rings. The Morgan fingerprint density at radius 3 is 3.00 bits per heavy atom. The summed E-state index contributed by atoms with van der Waals surface area (Å²) in [7, 11) is 0. The molecule has 2 N–H and O–H groups in total. The van der Waals surface area contributed by atoms with Crippen molar-refractivity contribution in [1.29, 1.82) is 0 Å². The van der Waals surface area contributed by atoms with Crippen LogP contribution in [0.1, 0.15) is 11.1 Å². The zero-order chi connectivity index (χ0) is 13.4. The van der Waals surface area contributed by atoms with Crippen LogP contribution in [-0.4, -0.2) is 16.5 Å². The van der Waals surface area contributed by atoms with Gasteiger partial charge in [-0.25, -0.2) is 4.98 Å². The third-order valence-corrected chi connectivity index (χ3v) is 3.49. The third kappa shape index (κ3) is 2.46. The maximum Gasteiger partial charge on any atom is 0.224 e. The lowest BCUT2D eigenvalue weighted by molar-refractivity contribution is 1.10. The van der Waals surface area contributed by atoms with Crippen molar-refractivity contribution in [3.8, 4) is 0 Å². The van der Waals surface area contributed by atoms with Crippen molar-refractivity contribution >= 4 is 40.4 Å². The van der Waals surface area contributed by atoms with Gasteiger partial charge in [0, 0.05) is 6.54 Å². The van der Waals surface area contributed by atoms with Crippen molar-refractivity contribution in [2.24, 2.45) is 0 Å². The van der Waals surface area contributed by atoms with E-state index in [1.54, 1.807) is 0 Å². The Bertz CT molecular complexity index is 643. The maximum atomic E-state index is 6.07. The van der Waals surface area contributed by atoms with Crippen LogP contribution in [0.4, 0.5) is 17.2 Å². The highest BCUT2D eigenvalue weighted by atomic mass is 35.5. The van der Waals surface area contributed by atoms with Gasteiger partial charge in [-0.15, -0.1) is 0 Å². The molecule has 0 unspecified atom stereocenters. The lowest BCUT2D eigenvalue weighted by Crippen LogP contribution is -2.00. The van der Waals surface area contributed by atoms with E-state index in [0.29, 0.717) is 10.8 Å². The molecule has 19 heavy (non-hydrogen) atoms. The predicted molar refractivity (Wildman–Crippen MR) is 78.7 cm³/mol. The fourth-order valence-electron chi connectivity index (χ4n) is 2.25. The summed E-state index contributed by atoms with van der Waals surface area (Å²) >= 11 is 11.9. The molecule has 3 rings (SSSR count). The summed E-state index contributed by atoms with van der Waals surface area (Å²) in [4.78, 5) is 7.94. The molecule has 1 aromatic heterocycles. The molecule has 1 aliphatic heterocycles. The average molecular weight is 295 g/mol. The first-order valence-electron chi connectivity index (χ1n) is 5.96. The zero-order valence-electron chi connectivity index (χ0n) is 10.3. The lowest BCUT2D eigenvalue weighted by Gasteiger charge is -2.13. The van der Waals surface area contributed by atoms with Gasteiger partial charge in [0.2, 0.25) is 5.28 Å². The van der Waals surface area contributed by atoms with E-state index >= 15 is 0 Å². The van der Waals surface area contributed by atoms with Gasteiger partial charge < -0.3 is 10.6 Å². The number of halogens is 2. The Morgan fingerprint density at radius 2 is 2.16 bits per heavy atom. The molecule has 0 atom stereocenters. The molecule has 6 heteroatoms. The standard InChI is InChI=1S/C13H12Cl2N4/c1-7-4-8-2-3-16-11(8)10(5-7)18-12-9(14)6-17-13(15)19-12/h4-6,16H,2-3H2,1H3,(H,17,18,19). The summed E-state index contributed by atoms with van der Waals surface area (Å²) < 4.78 is 0. The van der Waals surface area contributed by atoms with E-state index < -0.39 is 0 Å². The Labute approximate surface area is 121 Å². The van der Waals surface area contributed by atoms with Gasteiger partial charge in [-0.05, 0) is 42.1 Å². The second-order valence-electron chi connectivity index (χ2n) is 4.48. The number of nitrogens with zero attached hydrogens (tertiary/aromatic N) is 2. The van der Waals surface area contributed by atoms with Gasteiger partial charge in [-0.2, -0.15) is 4.98 Å². The molecule has 0 bridgehead atoms. The van der Waals surface area contributed by atoms with Crippen LogP contribution in [0.5, 0.6) is 0 Å². The molecule has 0 saturated carbocycles. The molecule has 98 valence electrons. The number of benzene rings is 1. The van der Waals surface area contributed by atoms with Crippen molar-refractivity contribution in [3.05, 3.63) is 39.8 Å². The quantitative estimate of drug-likeness (QED) is 0.827. The first-order valence-corrected chi connectivity index (χ1v) is 6.71. The largest absolute Gasteiger partial charge is 0.383 e. The molecular formula is C13H12Cl2N4. The highest BCUT2D eigenvalue weighted by Gasteiger charge is 2.16. The van der Waals surface area contributed by atoms with E-state index in [1.165, 1.54) is 17.3 Å². The summed E-state index contributed by atoms with van der Waals surface area (Å²) in [6.07, 6.45) is 2.52. The smallest absolute Gasteiger partial charge is 0.224 e. The van der Waals surface area contributed by atoms with Crippen molar-refractivity contribution in [1.82, 2.24) is 9.97 Å². The number of nitrogens with one attached hydrogen (secondary N) is 2. The molecule has 1 aliphatic rings. The number of rotatable bonds is 2. The summed E-state index contributed by atoms with van der Waals surface area (Å²) in [6.45, 7) is 3.02. The Morgan fingerprint density at radius 1 is 1.32 bits per heavy atom. The lowest BCUT2D eigenvalue weighted by atomic mass is 10.1. The summed E-state index contributed by atoms with van der Waals surface area (Å²) in [5.41, 5.74) is 4.57. The van der Waals surface area contributed by atoms with Gasteiger partial charge >= 0.3 is 0 Å². The van der Waals surface area contributed by atoms with Crippen LogP contribution in [0.25, 0.3) is 0 Å². The molecular weight excluding hydrogens is 283 g/mol. The Balaban J connectivity index is 2.02. The van der Waals surface area contributed by atoms with E-state index in [9.17, 15) is 0 Å². The number of anilines is 3. The molecule has 2 heterocycles. The van der Waals surface area contributed by atoms with E-state index in [1.807, 2.05) is 0 Å². The minimum absolute atomic E-state index is 0.171. The second kappa shape index (κ2) is 4.87. The summed E-state index contributed by atoms with van der Waals surface area (Å²) in [5.74, 6) is 0.517. The third-order valence-electron chi connectivity index (χ3n) is 3.03. The molecule has 0 spiro atoms. The summed E-state index contributed by atoms with van der Waals surface area (Å²) in [6, 6.07) is 4.25. The van der Waals surface area contributed by atoms with Crippen LogP contribution in [-0.2, 0) is 6.42 Å². The van der Waals surface area contributed by atoms with Crippen LogP contribution in [0, 0.1) is 6.92 Å².